The maximum absolute atomic E-state index is 9.67. The van der Waals surface area contributed by atoms with Crippen LogP contribution in [0.5, 0.6) is 28.7 Å². The lowest BCUT2D eigenvalue weighted by molar-refractivity contribution is 0.367. The van der Waals surface area contributed by atoms with Gasteiger partial charge in [-0.05, 0) is 59.5 Å². The Labute approximate surface area is 150 Å². The summed E-state index contributed by atoms with van der Waals surface area (Å²) in [5.41, 5.74) is 2.62. The van der Waals surface area contributed by atoms with Gasteiger partial charge in [0.2, 0.25) is 0 Å². The summed E-state index contributed by atoms with van der Waals surface area (Å²) in [7, 11) is 0. The third-order valence-corrected chi connectivity index (χ3v) is 3.90. The van der Waals surface area contributed by atoms with Crippen molar-refractivity contribution in [2.75, 3.05) is 6.54 Å². The molecule has 0 atom stereocenters. The normalized spacial score (nSPS) is 11.5. The number of thiocarbonyl (C=S) groups is 1. The second-order valence-electron chi connectivity index (χ2n) is 5.63. The third-order valence-electron chi connectivity index (χ3n) is 3.59. The number of phenolic OH excluding ortho intramolecular Hbond substituents is 5. The molecule has 25 heavy (non-hydrogen) atoms. The molecule has 6 N–H and O–H groups in total. The summed E-state index contributed by atoms with van der Waals surface area (Å²) in [6, 6.07) is 5.87. The van der Waals surface area contributed by atoms with Crippen molar-refractivity contribution in [3.8, 4) is 28.7 Å². The Balaban J connectivity index is 2.07. The average Bonchev–Trinajstić information content (AvgIpc) is 2.56. The zero-order valence-electron chi connectivity index (χ0n) is 13.5. The number of hydrogen-bond donors (Lipinski definition) is 6. The second kappa shape index (κ2) is 7.87. The van der Waals surface area contributed by atoms with E-state index in [2.05, 4.69) is 5.32 Å². The highest BCUT2D eigenvalue weighted by molar-refractivity contribution is 7.79. The Morgan fingerprint density at radius 3 is 2.12 bits per heavy atom. The summed E-state index contributed by atoms with van der Waals surface area (Å²) in [5, 5.41) is 52.2. The van der Waals surface area contributed by atoms with Crippen LogP contribution in [0.25, 0.3) is 6.08 Å². The summed E-state index contributed by atoms with van der Waals surface area (Å²) in [5.74, 6) is -1.68. The molecule has 0 radical (unpaired) electrons. The number of benzene rings is 2. The van der Waals surface area contributed by atoms with Crippen LogP contribution in [-0.4, -0.2) is 37.4 Å². The van der Waals surface area contributed by atoms with E-state index >= 15 is 0 Å². The number of rotatable bonds is 6. The summed E-state index contributed by atoms with van der Waals surface area (Å²) >= 11 is 4.99. The lowest BCUT2D eigenvalue weighted by atomic mass is 10.1. The topological polar surface area (TPSA) is 113 Å². The molecule has 0 saturated heterocycles. The molecule has 0 spiro atoms. The molecule has 2 rings (SSSR count). The van der Waals surface area contributed by atoms with E-state index in [1.165, 1.54) is 23.6 Å². The standard InChI is InChI=1S/C18H19NO5S/c1-10-2-11(4-14(20)17(10)23)3-13(9-25)8-19-7-12-5-15(21)18(24)16(22)6-12/h2-6,9,19-24H,7-8H2,1H3. The third kappa shape index (κ3) is 4.62. The van der Waals surface area contributed by atoms with Crippen LogP contribution in [0, 0.1) is 6.92 Å². The second-order valence-corrected chi connectivity index (χ2v) is 5.86. The van der Waals surface area contributed by atoms with Crippen LogP contribution in [0.4, 0.5) is 0 Å². The number of aromatic hydroxyl groups is 5. The van der Waals surface area contributed by atoms with Crippen molar-refractivity contribution in [2.45, 2.75) is 13.5 Å². The van der Waals surface area contributed by atoms with E-state index < -0.39 is 17.2 Å². The number of phenols is 5. The molecule has 6 nitrogen and oxygen atoms in total. The van der Waals surface area contributed by atoms with Gasteiger partial charge < -0.3 is 30.8 Å². The first-order valence-corrected chi connectivity index (χ1v) is 7.91. The van der Waals surface area contributed by atoms with Crippen LogP contribution in [0.2, 0.25) is 0 Å². The molecule has 2 aromatic rings. The Morgan fingerprint density at radius 1 is 0.960 bits per heavy atom. The highest BCUT2D eigenvalue weighted by atomic mass is 32.1. The van der Waals surface area contributed by atoms with E-state index in [0.717, 1.165) is 5.57 Å². The van der Waals surface area contributed by atoms with Crippen molar-refractivity contribution in [2.24, 2.45) is 0 Å². The van der Waals surface area contributed by atoms with Crippen LogP contribution in [0.1, 0.15) is 16.7 Å². The van der Waals surface area contributed by atoms with Gasteiger partial charge in [-0.2, -0.15) is 0 Å². The molecule has 0 amide bonds. The van der Waals surface area contributed by atoms with Gasteiger partial charge in [-0.1, -0.05) is 12.2 Å². The van der Waals surface area contributed by atoms with Crippen molar-refractivity contribution in [1.29, 1.82) is 0 Å². The van der Waals surface area contributed by atoms with Crippen molar-refractivity contribution in [3.05, 3.63) is 46.5 Å². The average molecular weight is 361 g/mol. The highest BCUT2D eigenvalue weighted by Gasteiger charge is 2.08. The Hall–Kier alpha value is -2.77. The van der Waals surface area contributed by atoms with Crippen LogP contribution in [0.15, 0.2) is 29.8 Å². The minimum absolute atomic E-state index is 0.147. The predicted molar refractivity (Wildman–Crippen MR) is 99.3 cm³/mol. The molecule has 0 aliphatic carbocycles. The SMILES string of the molecule is Cc1cc(C=C(C=S)CNCc2cc(O)c(O)c(O)c2)cc(O)c1O. The van der Waals surface area contributed by atoms with E-state index in [1.807, 2.05) is 0 Å². The molecule has 0 aliphatic rings. The lowest BCUT2D eigenvalue weighted by Crippen LogP contribution is -2.16. The Morgan fingerprint density at radius 2 is 1.56 bits per heavy atom. The largest absolute Gasteiger partial charge is 0.504 e. The van der Waals surface area contributed by atoms with E-state index in [4.69, 9.17) is 12.2 Å². The van der Waals surface area contributed by atoms with Crippen molar-refractivity contribution >= 4 is 23.7 Å². The molecule has 2 aromatic carbocycles. The molecule has 0 aliphatic heterocycles. The van der Waals surface area contributed by atoms with Crippen LogP contribution in [0.3, 0.4) is 0 Å². The van der Waals surface area contributed by atoms with E-state index in [0.29, 0.717) is 29.8 Å². The number of hydrogen-bond acceptors (Lipinski definition) is 7. The minimum atomic E-state index is -0.550. The highest BCUT2D eigenvalue weighted by Crippen LogP contribution is 2.35. The summed E-state index contributed by atoms with van der Waals surface area (Å²) in [6.45, 7) is 2.43. The van der Waals surface area contributed by atoms with Crippen LogP contribution in [-0.2, 0) is 6.54 Å². The number of nitrogens with one attached hydrogen (secondary N) is 1. The fourth-order valence-electron chi connectivity index (χ4n) is 2.33. The Kier molecular flexibility index (Phi) is 5.84. The molecular weight excluding hydrogens is 342 g/mol. The molecule has 132 valence electrons. The molecule has 0 heterocycles. The maximum Gasteiger partial charge on any atom is 0.200 e. The molecule has 7 heteroatoms. The van der Waals surface area contributed by atoms with Gasteiger partial charge in [0.25, 0.3) is 0 Å². The van der Waals surface area contributed by atoms with Crippen LogP contribution < -0.4 is 5.32 Å². The van der Waals surface area contributed by atoms with E-state index in [9.17, 15) is 25.5 Å². The Bertz CT molecular complexity index is 786. The molecule has 0 unspecified atom stereocenters. The van der Waals surface area contributed by atoms with E-state index in [1.54, 1.807) is 19.1 Å². The van der Waals surface area contributed by atoms with Gasteiger partial charge in [0.1, 0.15) is 0 Å². The molecular formula is C18H19NO5S. The first kappa shape index (κ1) is 18.6. The van der Waals surface area contributed by atoms with Crippen LogP contribution >= 0.6 is 12.2 Å². The van der Waals surface area contributed by atoms with Crippen molar-refractivity contribution < 1.29 is 25.5 Å². The summed E-state index contributed by atoms with van der Waals surface area (Å²) in [6.07, 6.45) is 1.78. The summed E-state index contributed by atoms with van der Waals surface area (Å²) in [4.78, 5) is 0. The van der Waals surface area contributed by atoms with Gasteiger partial charge in [-0.3, -0.25) is 0 Å². The number of aryl methyl sites for hydroxylation is 1. The molecule has 0 bridgehead atoms. The van der Waals surface area contributed by atoms with Crippen molar-refractivity contribution in [3.63, 3.8) is 0 Å². The molecule has 0 fully saturated rings. The predicted octanol–water partition coefficient (Wildman–Crippen LogP) is 2.70. The zero-order valence-corrected chi connectivity index (χ0v) is 14.3. The van der Waals surface area contributed by atoms with E-state index in [-0.39, 0.29) is 11.5 Å². The van der Waals surface area contributed by atoms with Gasteiger partial charge in [0.15, 0.2) is 28.7 Å². The molecule has 0 aromatic heterocycles. The lowest BCUT2D eigenvalue weighted by Gasteiger charge is -2.09. The first-order chi connectivity index (χ1) is 11.8. The van der Waals surface area contributed by atoms with Gasteiger partial charge in [-0.15, -0.1) is 0 Å². The minimum Gasteiger partial charge on any atom is -0.504 e. The summed E-state index contributed by atoms with van der Waals surface area (Å²) < 4.78 is 0. The molecule has 0 saturated carbocycles. The smallest absolute Gasteiger partial charge is 0.200 e. The zero-order chi connectivity index (χ0) is 18.6. The van der Waals surface area contributed by atoms with Crippen molar-refractivity contribution in [1.82, 2.24) is 5.32 Å². The monoisotopic (exact) mass is 361 g/mol. The van der Waals surface area contributed by atoms with Gasteiger partial charge in [-0.25, -0.2) is 0 Å². The fourth-order valence-corrected chi connectivity index (χ4v) is 2.48. The quantitative estimate of drug-likeness (QED) is 0.266. The van der Waals surface area contributed by atoms with Gasteiger partial charge in [0.05, 0.1) is 0 Å². The first-order valence-electron chi connectivity index (χ1n) is 7.44. The van der Waals surface area contributed by atoms with Gasteiger partial charge in [0, 0.05) is 18.5 Å². The maximum atomic E-state index is 9.67. The van der Waals surface area contributed by atoms with Gasteiger partial charge >= 0.3 is 0 Å². The fraction of sp³-hybridized carbons (Fsp3) is 0.167.